The molecule has 11 nitrogen and oxygen atoms in total. The van der Waals surface area contributed by atoms with Crippen LogP contribution in [0.2, 0.25) is 0 Å². The number of piperazine rings is 1. The number of ether oxygens (including phenoxy) is 1. The van der Waals surface area contributed by atoms with Gasteiger partial charge in [-0.2, -0.15) is 9.97 Å². The molecular formula is C27H27F3N8O3S. The number of alkyl halides is 1. The number of fused-ring (bicyclic) bond motifs is 3. The first-order valence-corrected chi connectivity index (χ1v) is 14.6. The van der Waals surface area contributed by atoms with Crippen LogP contribution >= 0.6 is 11.3 Å². The number of nitrogens with one attached hydrogen (secondary N) is 2. The average Bonchev–Trinajstić information content (AvgIpc) is 3.65. The molecule has 1 amide bonds. The summed E-state index contributed by atoms with van der Waals surface area (Å²) >= 11 is 0.803. The lowest BCUT2D eigenvalue weighted by atomic mass is 9.95. The Morgan fingerprint density at radius 1 is 1.19 bits per heavy atom. The topological polar surface area (TPSA) is 129 Å². The van der Waals surface area contributed by atoms with Gasteiger partial charge in [0.05, 0.1) is 21.1 Å². The van der Waals surface area contributed by atoms with Gasteiger partial charge in [-0.3, -0.25) is 15.2 Å². The highest BCUT2D eigenvalue weighted by atomic mass is 32.1. The number of carbonyl (C=O) groups is 1. The predicted octanol–water partition coefficient (Wildman–Crippen LogP) is 4.03. The van der Waals surface area contributed by atoms with Crippen molar-refractivity contribution in [2.45, 2.75) is 31.0 Å². The molecule has 6 heterocycles. The van der Waals surface area contributed by atoms with Gasteiger partial charge < -0.3 is 20.1 Å². The van der Waals surface area contributed by atoms with E-state index in [1.165, 1.54) is 18.3 Å². The molecule has 3 aliphatic heterocycles. The average molecular weight is 601 g/mol. The van der Waals surface area contributed by atoms with E-state index in [-0.39, 0.29) is 44.7 Å². The molecule has 3 aliphatic rings. The fourth-order valence-corrected chi connectivity index (χ4v) is 7.24. The zero-order chi connectivity index (χ0) is 29.0. The maximum atomic E-state index is 16.4. The Hall–Kier alpha value is -3.82. The number of nitrogens with zero attached hydrogens (tertiary/aromatic N) is 6. The first-order chi connectivity index (χ1) is 20.3. The highest BCUT2D eigenvalue weighted by Crippen LogP contribution is 2.41. The highest BCUT2D eigenvalue weighted by molar-refractivity contribution is 7.22. The van der Waals surface area contributed by atoms with Crippen molar-refractivity contribution in [3.63, 3.8) is 0 Å². The first-order valence-electron chi connectivity index (χ1n) is 13.7. The Kier molecular flexibility index (Phi) is 6.74. The van der Waals surface area contributed by atoms with Crippen LogP contribution < -0.4 is 20.3 Å². The molecule has 3 fully saturated rings. The van der Waals surface area contributed by atoms with Gasteiger partial charge >= 0.3 is 12.1 Å². The van der Waals surface area contributed by atoms with Gasteiger partial charge in [-0.15, -0.1) is 0 Å². The van der Waals surface area contributed by atoms with Gasteiger partial charge in [0.15, 0.2) is 10.9 Å². The third kappa shape index (κ3) is 4.65. The number of anilines is 2. The Morgan fingerprint density at radius 3 is 2.83 bits per heavy atom. The summed E-state index contributed by atoms with van der Waals surface area (Å²) in [6.45, 7) is 4.08. The number of hydrogen-bond donors (Lipinski definition) is 3. The van der Waals surface area contributed by atoms with Crippen molar-refractivity contribution >= 4 is 49.5 Å². The lowest BCUT2D eigenvalue weighted by Gasteiger charge is -2.31. The number of amides is 1. The van der Waals surface area contributed by atoms with E-state index in [1.807, 2.05) is 4.90 Å². The van der Waals surface area contributed by atoms with Crippen molar-refractivity contribution in [1.29, 1.82) is 0 Å². The van der Waals surface area contributed by atoms with Crippen LogP contribution in [0.1, 0.15) is 19.3 Å². The minimum absolute atomic E-state index is 0.0125. The maximum absolute atomic E-state index is 16.4. The Bertz CT molecular complexity index is 1700. The highest BCUT2D eigenvalue weighted by Gasteiger charge is 2.49. The summed E-state index contributed by atoms with van der Waals surface area (Å²) in [5, 5.41) is 14.8. The molecule has 0 saturated carbocycles. The summed E-state index contributed by atoms with van der Waals surface area (Å²) in [6, 6.07) is 2.51. The van der Waals surface area contributed by atoms with Crippen LogP contribution in [0.15, 0.2) is 18.3 Å². The minimum Gasteiger partial charge on any atom is -0.465 e. The number of hydrogen-bond acceptors (Lipinski definition) is 10. The fraction of sp³-hybridized carbons (Fsp3) is 0.444. The molecule has 3 aromatic heterocycles. The molecule has 0 aliphatic carbocycles. The van der Waals surface area contributed by atoms with Crippen LogP contribution in [0.25, 0.3) is 32.4 Å². The third-order valence-corrected chi connectivity index (χ3v) is 9.23. The number of rotatable bonds is 6. The number of pyridine rings is 1. The second-order valence-corrected chi connectivity index (χ2v) is 11.8. The van der Waals surface area contributed by atoms with E-state index >= 15 is 4.39 Å². The number of thiazole rings is 1. The number of aromatic nitrogens is 4. The van der Waals surface area contributed by atoms with Crippen LogP contribution in [-0.2, 0) is 0 Å². The second kappa shape index (κ2) is 10.5. The van der Waals surface area contributed by atoms with E-state index in [0.29, 0.717) is 37.3 Å². The molecule has 0 unspecified atom stereocenters. The summed E-state index contributed by atoms with van der Waals surface area (Å²) in [5.41, 5.74) is -0.311. The molecule has 15 heteroatoms. The standard InChI is InChI=1S/C27H27F3N8O3S/c28-14-10-27(4-1-7-38(27)12-14)13-41-24-33-20-16(23(35-24)37-8-5-31-6-9-37)11-32-19(18(20)30)15-2-3-17(29)22-21(15)34-25(42-22)36-26(39)40/h2-3,11,14,31H,1,4-10,12-13H2,(H,34,36)(H,39,40)/t14-,27+/m1/s1. The summed E-state index contributed by atoms with van der Waals surface area (Å²) in [7, 11) is 0. The van der Waals surface area contributed by atoms with Gasteiger partial charge in [0.1, 0.15) is 35.6 Å². The van der Waals surface area contributed by atoms with E-state index < -0.39 is 29.4 Å². The number of carboxylic acid groups (broad SMARTS) is 1. The van der Waals surface area contributed by atoms with Crippen molar-refractivity contribution in [2.24, 2.45) is 0 Å². The monoisotopic (exact) mass is 600 g/mol. The predicted molar refractivity (Wildman–Crippen MR) is 151 cm³/mol. The molecule has 7 rings (SSSR count). The van der Waals surface area contributed by atoms with Crippen molar-refractivity contribution in [3.05, 3.63) is 30.0 Å². The van der Waals surface area contributed by atoms with Crippen molar-refractivity contribution < 1.29 is 27.8 Å². The Labute approximate surface area is 241 Å². The van der Waals surface area contributed by atoms with E-state index in [4.69, 9.17) is 9.84 Å². The van der Waals surface area contributed by atoms with E-state index in [2.05, 4.69) is 35.5 Å². The molecule has 4 aromatic rings. The second-order valence-electron chi connectivity index (χ2n) is 10.8. The van der Waals surface area contributed by atoms with Crippen molar-refractivity contribution in [1.82, 2.24) is 30.2 Å². The molecular weight excluding hydrogens is 573 g/mol. The Morgan fingerprint density at radius 2 is 2.02 bits per heavy atom. The molecule has 220 valence electrons. The summed E-state index contributed by atoms with van der Waals surface area (Å²) < 4.78 is 51.6. The molecule has 0 radical (unpaired) electrons. The molecule has 0 bridgehead atoms. The molecule has 3 N–H and O–H groups in total. The van der Waals surface area contributed by atoms with E-state index in [0.717, 1.165) is 43.8 Å². The van der Waals surface area contributed by atoms with Gasteiger partial charge in [-0.25, -0.2) is 22.9 Å². The van der Waals surface area contributed by atoms with Crippen LogP contribution in [0.4, 0.5) is 28.9 Å². The summed E-state index contributed by atoms with van der Waals surface area (Å²) in [4.78, 5) is 33.0. The zero-order valence-electron chi connectivity index (χ0n) is 22.4. The first kappa shape index (κ1) is 27.0. The maximum Gasteiger partial charge on any atom is 0.410 e. The van der Waals surface area contributed by atoms with Crippen LogP contribution in [0, 0.1) is 11.6 Å². The lowest BCUT2D eigenvalue weighted by Crippen LogP contribution is -2.44. The molecule has 1 aromatic carbocycles. The van der Waals surface area contributed by atoms with Gasteiger partial charge in [0.2, 0.25) is 0 Å². The SMILES string of the molecule is O=C(O)Nc1nc2c(-c3ncc4c(N5CCNCC5)nc(OC[C@@]56CCCN5C[C@H](F)C6)nc4c3F)ccc(F)c2s1. The van der Waals surface area contributed by atoms with Crippen LogP contribution in [0.5, 0.6) is 6.01 Å². The van der Waals surface area contributed by atoms with E-state index in [9.17, 15) is 13.6 Å². The third-order valence-electron chi connectivity index (χ3n) is 8.26. The van der Waals surface area contributed by atoms with Gasteiger partial charge in [0, 0.05) is 50.9 Å². The van der Waals surface area contributed by atoms with E-state index in [1.54, 1.807) is 0 Å². The quantitative estimate of drug-likeness (QED) is 0.298. The van der Waals surface area contributed by atoms with Crippen LogP contribution in [-0.4, -0.2) is 93.6 Å². The number of halogens is 3. The summed E-state index contributed by atoms with van der Waals surface area (Å²) in [5.74, 6) is -0.904. The van der Waals surface area contributed by atoms with Crippen molar-refractivity contribution in [2.75, 3.05) is 56.1 Å². The van der Waals surface area contributed by atoms with Gasteiger partial charge in [-0.1, -0.05) is 11.3 Å². The largest absolute Gasteiger partial charge is 0.465 e. The Balaban J connectivity index is 1.32. The molecule has 3 saturated heterocycles. The van der Waals surface area contributed by atoms with Gasteiger partial charge in [-0.05, 0) is 31.5 Å². The minimum atomic E-state index is -1.35. The number of benzene rings is 1. The van der Waals surface area contributed by atoms with Crippen molar-refractivity contribution in [3.8, 4) is 17.3 Å². The normalized spacial score (nSPS) is 22.6. The fourth-order valence-electron chi connectivity index (χ4n) is 6.35. The zero-order valence-corrected chi connectivity index (χ0v) is 23.2. The smallest absolute Gasteiger partial charge is 0.410 e. The van der Waals surface area contributed by atoms with Crippen LogP contribution in [0.3, 0.4) is 0 Å². The summed E-state index contributed by atoms with van der Waals surface area (Å²) in [6.07, 6.45) is 1.35. The lowest BCUT2D eigenvalue weighted by molar-refractivity contribution is 0.107. The van der Waals surface area contributed by atoms with Gasteiger partial charge in [0.25, 0.3) is 0 Å². The molecule has 2 atom stereocenters. The molecule has 42 heavy (non-hydrogen) atoms. The molecule has 0 spiro atoms.